The van der Waals surface area contributed by atoms with Gasteiger partial charge in [0.1, 0.15) is 0 Å². The first-order valence-electron chi connectivity index (χ1n) is 5.46. The number of aliphatic hydroxyl groups excluding tert-OH is 1. The van der Waals surface area contributed by atoms with Crippen LogP contribution in [0.15, 0.2) is 0 Å². The van der Waals surface area contributed by atoms with Crippen LogP contribution in [0.5, 0.6) is 0 Å². The van der Waals surface area contributed by atoms with E-state index in [1.165, 1.54) is 7.11 Å². The van der Waals surface area contributed by atoms with Gasteiger partial charge in [-0.3, -0.25) is 4.79 Å². The molecule has 1 aliphatic carbocycles. The molecule has 2 rings (SSSR count). The third-order valence-electron chi connectivity index (χ3n) is 3.98. The van der Waals surface area contributed by atoms with E-state index in [-0.39, 0.29) is 18.7 Å². The number of ether oxygens (including phenoxy) is 2. The minimum atomic E-state index is -0.518. The molecule has 4 heteroatoms. The molecule has 0 aromatic carbocycles. The Bertz CT molecular complexity index is 278. The zero-order valence-electron chi connectivity index (χ0n) is 9.28. The van der Waals surface area contributed by atoms with Gasteiger partial charge in [-0.25, -0.2) is 0 Å². The van der Waals surface area contributed by atoms with Gasteiger partial charge in [0.25, 0.3) is 0 Å². The first-order valence-corrected chi connectivity index (χ1v) is 5.46. The van der Waals surface area contributed by atoms with Gasteiger partial charge in [-0.15, -0.1) is 0 Å². The minimum absolute atomic E-state index is 0.00388. The molecular weight excluding hydrogens is 196 g/mol. The molecule has 0 spiro atoms. The molecule has 2 fully saturated rings. The van der Waals surface area contributed by atoms with E-state index in [2.05, 4.69) is 0 Å². The Hall–Kier alpha value is -0.610. The van der Waals surface area contributed by atoms with Gasteiger partial charge in [-0.2, -0.15) is 0 Å². The van der Waals surface area contributed by atoms with Crippen molar-refractivity contribution in [2.45, 2.75) is 44.3 Å². The van der Waals surface area contributed by atoms with Gasteiger partial charge in [0.2, 0.25) is 0 Å². The summed E-state index contributed by atoms with van der Waals surface area (Å²) in [6.45, 7) is 1.90. The molecule has 0 aromatic heterocycles. The van der Waals surface area contributed by atoms with Crippen molar-refractivity contribution in [1.29, 1.82) is 0 Å². The molecule has 0 amide bonds. The summed E-state index contributed by atoms with van der Waals surface area (Å²) in [5.41, 5.74) is -1.01. The van der Waals surface area contributed by atoms with Crippen LogP contribution in [0.2, 0.25) is 0 Å². The molecule has 2 aliphatic rings. The van der Waals surface area contributed by atoms with Crippen LogP contribution >= 0.6 is 0 Å². The van der Waals surface area contributed by atoms with Crippen molar-refractivity contribution in [3.8, 4) is 0 Å². The van der Waals surface area contributed by atoms with E-state index in [9.17, 15) is 9.90 Å². The second kappa shape index (κ2) is 3.46. The molecule has 1 aliphatic heterocycles. The number of rotatable bonds is 2. The van der Waals surface area contributed by atoms with E-state index in [0.717, 1.165) is 19.3 Å². The molecule has 1 N–H and O–H groups in total. The quantitative estimate of drug-likeness (QED) is 0.693. The molecule has 3 atom stereocenters. The predicted octanol–water partition coefficient (Wildman–Crippen LogP) is 0.870. The third-order valence-corrected chi connectivity index (χ3v) is 3.98. The van der Waals surface area contributed by atoms with Crippen LogP contribution in [0.1, 0.15) is 32.6 Å². The Labute approximate surface area is 89.6 Å². The van der Waals surface area contributed by atoms with Crippen molar-refractivity contribution in [2.75, 3.05) is 13.7 Å². The first kappa shape index (κ1) is 10.9. The normalized spacial score (nSPS) is 44.1. The highest BCUT2D eigenvalue weighted by atomic mass is 16.5. The predicted molar refractivity (Wildman–Crippen MR) is 53.3 cm³/mol. The Morgan fingerprint density at radius 2 is 2.33 bits per heavy atom. The lowest BCUT2D eigenvalue weighted by Gasteiger charge is -2.34. The largest absolute Gasteiger partial charge is 0.469 e. The van der Waals surface area contributed by atoms with Crippen molar-refractivity contribution >= 4 is 5.97 Å². The van der Waals surface area contributed by atoms with Crippen molar-refractivity contribution < 1.29 is 19.4 Å². The SMILES string of the molecule is COC(=O)[C@@]12CCCC(CO)(C1)O[C@@H]2C. The zero-order valence-corrected chi connectivity index (χ0v) is 9.28. The average Bonchev–Trinajstić information content (AvgIpc) is 2.47. The summed E-state index contributed by atoms with van der Waals surface area (Å²) in [6.07, 6.45) is 3.01. The Balaban J connectivity index is 2.30. The monoisotopic (exact) mass is 214 g/mol. The van der Waals surface area contributed by atoms with Gasteiger partial charge in [-0.05, 0) is 32.6 Å². The van der Waals surface area contributed by atoms with Crippen molar-refractivity contribution in [3.63, 3.8) is 0 Å². The van der Waals surface area contributed by atoms with E-state index in [1.54, 1.807) is 0 Å². The number of hydrogen-bond acceptors (Lipinski definition) is 4. The third kappa shape index (κ3) is 1.39. The maximum Gasteiger partial charge on any atom is 0.314 e. The van der Waals surface area contributed by atoms with Gasteiger partial charge < -0.3 is 14.6 Å². The molecule has 2 bridgehead atoms. The van der Waals surface area contributed by atoms with Gasteiger partial charge in [0, 0.05) is 0 Å². The van der Waals surface area contributed by atoms with Gasteiger partial charge >= 0.3 is 5.97 Å². The molecular formula is C11H18O4. The van der Waals surface area contributed by atoms with E-state index < -0.39 is 11.0 Å². The maximum absolute atomic E-state index is 11.8. The number of aliphatic hydroxyl groups is 1. The summed E-state index contributed by atoms with van der Waals surface area (Å²) in [7, 11) is 1.41. The molecule has 0 radical (unpaired) electrons. The van der Waals surface area contributed by atoms with Gasteiger partial charge in [-0.1, -0.05) is 0 Å². The van der Waals surface area contributed by atoms with Crippen molar-refractivity contribution in [1.82, 2.24) is 0 Å². The standard InChI is InChI=1S/C11H18O4/c1-8-11(9(13)14-2)5-3-4-10(6-11,7-12)15-8/h8,12H,3-7H2,1-2H3/t8-,10?,11+/m1/s1. The highest BCUT2D eigenvalue weighted by molar-refractivity contribution is 5.78. The van der Waals surface area contributed by atoms with Crippen LogP contribution in [0.4, 0.5) is 0 Å². The van der Waals surface area contributed by atoms with Crippen LogP contribution in [0, 0.1) is 5.41 Å². The van der Waals surface area contributed by atoms with Crippen LogP contribution < -0.4 is 0 Å². The topological polar surface area (TPSA) is 55.8 Å². The zero-order chi connectivity index (χ0) is 11.1. The lowest BCUT2D eigenvalue weighted by atomic mass is 9.68. The molecule has 1 unspecified atom stereocenters. The Kier molecular flexibility index (Phi) is 2.51. The second-order valence-electron chi connectivity index (χ2n) is 4.78. The second-order valence-corrected chi connectivity index (χ2v) is 4.78. The van der Waals surface area contributed by atoms with Crippen LogP contribution in [-0.2, 0) is 14.3 Å². The van der Waals surface area contributed by atoms with Crippen LogP contribution in [0.3, 0.4) is 0 Å². The van der Waals surface area contributed by atoms with Crippen LogP contribution in [-0.4, -0.2) is 36.5 Å². The van der Waals surface area contributed by atoms with Crippen molar-refractivity contribution in [2.24, 2.45) is 5.41 Å². The number of carbonyl (C=O) groups is 1. The molecule has 1 heterocycles. The molecule has 15 heavy (non-hydrogen) atoms. The smallest absolute Gasteiger partial charge is 0.314 e. The van der Waals surface area contributed by atoms with E-state index in [0.29, 0.717) is 6.42 Å². The number of carbonyl (C=O) groups excluding carboxylic acids is 1. The lowest BCUT2D eigenvalue weighted by molar-refractivity contribution is -0.156. The van der Waals surface area contributed by atoms with E-state index in [1.807, 2.05) is 6.92 Å². The number of hydrogen-bond donors (Lipinski definition) is 1. The molecule has 4 nitrogen and oxygen atoms in total. The highest BCUT2D eigenvalue weighted by Gasteiger charge is 2.60. The van der Waals surface area contributed by atoms with Crippen LogP contribution in [0.25, 0.3) is 0 Å². The molecule has 86 valence electrons. The average molecular weight is 214 g/mol. The number of fused-ring (bicyclic) bond motifs is 2. The summed E-state index contributed by atoms with van der Waals surface area (Å²) in [5.74, 6) is -0.190. The molecule has 0 aromatic rings. The maximum atomic E-state index is 11.8. The summed E-state index contributed by atoms with van der Waals surface area (Å²) in [5, 5.41) is 9.38. The summed E-state index contributed by atoms with van der Waals surface area (Å²) >= 11 is 0. The lowest BCUT2D eigenvalue weighted by Crippen LogP contribution is -2.42. The summed E-state index contributed by atoms with van der Waals surface area (Å²) < 4.78 is 10.7. The summed E-state index contributed by atoms with van der Waals surface area (Å²) in [4.78, 5) is 11.8. The van der Waals surface area contributed by atoms with E-state index in [4.69, 9.17) is 9.47 Å². The fraction of sp³-hybridized carbons (Fsp3) is 0.909. The van der Waals surface area contributed by atoms with Gasteiger partial charge in [0.15, 0.2) is 0 Å². The molecule has 1 saturated heterocycles. The minimum Gasteiger partial charge on any atom is -0.469 e. The molecule has 1 saturated carbocycles. The Morgan fingerprint density at radius 3 is 2.93 bits per heavy atom. The fourth-order valence-electron chi connectivity index (χ4n) is 3.13. The Morgan fingerprint density at radius 1 is 1.60 bits per heavy atom. The van der Waals surface area contributed by atoms with Gasteiger partial charge in [0.05, 0.1) is 30.8 Å². The number of esters is 1. The highest BCUT2D eigenvalue weighted by Crippen LogP contribution is 2.54. The summed E-state index contributed by atoms with van der Waals surface area (Å²) in [6, 6.07) is 0. The van der Waals surface area contributed by atoms with Crippen molar-refractivity contribution in [3.05, 3.63) is 0 Å². The number of methoxy groups -OCH3 is 1. The fourth-order valence-corrected chi connectivity index (χ4v) is 3.13. The van der Waals surface area contributed by atoms with E-state index >= 15 is 0 Å². The first-order chi connectivity index (χ1) is 7.08.